The van der Waals surface area contributed by atoms with E-state index < -0.39 is 21.7 Å². The fourth-order valence-corrected chi connectivity index (χ4v) is 0.995. The SMILES string of the molecule is O=[N+]([O-])N(c1cnon1)N(c1cnon1)[N+](=O)[O-]. The lowest BCUT2D eigenvalue weighted by molar-refractivity contribution is -0.581. The highest BCUT2D eigenvalue weighted by Gasteiger charge is 2.41. The zero-order valence-corrected chi connectivity index (χ0v) is 8.18. The summed E-state index contributed by atoms with van der Waals surface area (Å²) >= 11 is 0. The Bertz CT molecular complexity index is 486. The molecule has 0 radical (unpaired) electrons. The van der Waals surface area contributed by atoms with E-state index in [0.717, 1.165) is 12.4 Å². The van der Waals surface area contributed by atoms with Gasteiger partial charge in [0.15, 0.2) is 10.1 Å². The maximum atomic E-state index is 10.8. The third kappa shape index (κ3) is 1.84. The minimum absolute atomic E-state index is 0.0456. The summed E-state index contributed by atoms with van der Waals surface area (Å²) < 4.78 is 8.28. The van der Waals surface area contributed by atoms with Crippen molar-refractivity contribution in [2.75, 3.05) is 10.2 Å². The van der Waals surface area contributed by atoms with Crippen LogP contribution in [0.4, 0.5) is 11.6 Å². The van der Waals surface area contributed by atoms with E-state index in [1.54, 1.807) is 0 Å². The topological polar surface area (TPSA) is 171 Å². The maximum Gasteiger partial charge on any atom is 0.288 e. The molecule has 0 aliphatic rings. The summed E-state index contributed by atoms with van der Waals surface area (Å²) in [6.07, 6.45) is 1.62. The van der Waals surface area contributed by atoms with E-state index in [9.17, 15) is 20.2 Å². The first kappa shape index (κ1) is 11.2. The van der Waals surface area contributed by atoms with Gasteiger partial charge in [-0.25, -0.2) is 29.5 Å². The number of hydrazine groups is 3. The van der Waals surface area contributed by atoms with Gasteiger partial charge >= 0.3 is 0 Å². The number of nitro groups is 2. The van der Waals surface area contributed by atoms with Crippen LogP contribution in [0.5, 0.6) is 0 Å². The molecule has 94 valence electrons. The number of anilines is 2. The molecule has 0 N–H and O–H groups in total. The van der Waals surface area contributed by atoms with Crippen LogP contribution in [0.1, 0.15) is 0 Å². The molecule has 0 saturated heterocycles. The number of hydrogen-bond acceptors (Lipinski definition) is 10. The van der Waals surface area contributed by atoms with Crippen LogP contribution in [-0.4, -0.2) is 30.7 Å². The third-order valence-corrected chi connectivity index (χ3v) is 1.60. The van der Waals surface area contributed by atoms with Gasteiger partial charge in [0.1, 0.15) is 12.4 Å². The van der Waals surface area contributed by atoms with Crippen LogP contribution in [0.3, 0.4) is 0 Å². The summed E-state index contributed by atoms with van der Waals surface area (Å²) in [5, 5.41) is 31.8. The quantitative estimate of drug-likeness (QED) is 0.476. The monoisotopic (exact) mass is 258 g/mol. The summed E-state index contributed by atoms with van der Waals surface area (Å²) in [7, 11) is 0. The van der Waals surface area contributed by atoms with Crippen molar-refractivity contribution in [1.82, 2.24) is 20.6 Å². The van der Waals surface area contributed by atoms with Crippen molar-refractivity contribution >= 4 is 11.6 Å². The van der Waals surface area contributed by atoms with Gasteiger partial charge < -0.3 is 0 Å². The Morgan fingerprint density at radius 3 is 1.56 bits per heavy atom. The molecule has 2 rings (SSSR count). The molecule has 0 fully saturated rings. The third-order valence-electron chi connectivity index (χ3n) is 1.60. The molecule has 2 heterocycles. The molecule has 0 saturated carbocycles. The molecule has 2 aromatic heterocycles. The lowest BCUT2D eigenvalue weighted by Gasteiger charge is -2.13. The van der Waals surface area contributed by atoms with E-state index in [4.69, 9.17) is 0 Å². The Morgan fingerprint density at radius 1 is 0.944 bits per heavy atom. The van der Waals surface area contributed by atoms with Crippen molar-refractivity contribution in [3.63, 3.8) is 0 Å². The van der Waals surface area contributed by atoms with E-state index >= 15 is 0 Å². The minimum atomic E-state index is -1.11. The molecule has 14 nitrogen and oxygen atoms in total. The van der Waals surface area contributed by atoms with Gasteiger partial charge in [-0.05, 0) is 10.3 Å². The van der Waals surface area contributed by atoms with Crippen LogP contribution in [0.15, 0.2) is 21.7 Å². The molecule has 0 spiro atoms. The van der Waals surface area contributed by atoms with E-state index in [2.05, 4.69) is 29.9 Å². The number of rotatable bonds is 5. The number of nitrogens with zero attached hydrogens (tertiary/aromatic N) is 8. The molecule has 0 amide bonds. The van der Waals surface area contributed by atoms with Crippen LogP contribution in [0.25, 0.3) is 0 Å². The highest BCUT2D eigenvalue weighted by Crippen LogP contribution is 2.18. The van der Waals surface area contributed by atoms with Gasteiger partial charge in [0.05, 0.1) is 10.2 Å². The minimum Gasteiger partial charge on any atom is -0.242 e. The first-order valence-electron chi connectivity index (χ1n) is 4.05. The van der Waals surface area contributed by atoms with E-state index in [1.807, 2.05) is 0 Å². The van der Waals surface area contributed by atoms with Crippen molar-refractivity contribution in [2.45, 2.75) is 0 Å². The average molecular weight is 258 g/mol. The number of aromatic nitrogens is 4. The summed E-state index contributed by atoms with van der Waals surface area (Å²) in [6.45, 7) is 0. The van der Waals surface area contributed by atoms with Crippen molar-refractivity contribution in [3.8, 4) is 0 Å². The van der Waals surface area contributed by atoms with Gasteiger partial charge in [0, 0.05) is 0 Å². The largest absolute Gasteiger partial charge is 0.288 e. The summed E-state index contributed by atoms with van der Waals surface area (Å²) in [4.78, 5) is 21.7. The molecule has 0 aromatic carbocycles. The first-order chi connectivity index (χ1) is 8.61. The van der Waals surface area contributed by atoms with Gasteiger partial charge in [0.25, 0.3) is 11.6 Å². The second-order valence-corrected chi connectivity index (χ2v) is 2.59. The van der Waals surface area contributed by atoms with Crippen LogP contribution in [0.2, 0.25) is 0 Å². The normalized spacial score (nSPS) is 10.0. The predicted octanol–water partition coefficient (Wildman–Crippen LogP) is -0.936. The van der Waals surface area contributed by atoms with Crippen LogP contribution in [-0.2, 0) is 0 Å². The van der Waals surface area contributed by atoms with Gasteiger partial charge in [-0.1, -0.05) is 10.3 Å². The van der Waals surface area contributed by atoms with Gasteiger partial charge in [0.2, 0.25) is 0 Å². The predicted molar refractivity (Wildman–Crippen MR) is 47.5 cm³/mol. The van der Waals surface area contributed by atoms with Gasteiger partial charge in [-0.2, -0.15) is 0 Å². The van der Waals surface area contributed by atoms with E-state index in [1.165, 1.54) is 0 Å². The Morgan fingerprint density at radius 2 is 1.33 bits per heavy atom. The van der Waals surface area contributed by atoms with Crippen molar-refractivity contribution < 1.29 is 19.3 Å². The second-order valence-electron chi connectivity index (χ2n) is 2.59. The van der Waals surface area contributed by atoms with Gasteiger partial charge in [-0.3, -0.25) is 0 Å². The molecule has 18 heavy (non-hydrogen) atoms. The van der Waals surface area contributed by atoms with E-state index in [-0.39, 0.29) is 10.2 Å². The van der Waals surface area contributed by atoms with Crippen LogP contribution < -0.4 is 10.2 Å². The fraction of sp³-hybridized carbons (Fsp3) is 0. The molecular formula is C4H2N8O6. The van der Waals surface area contributed by atoms with Crippen LogP contribution >= 0.6 is 0 Å². The zero-order chi connectivity index (χ0) is 13.1. The molecule has 0 aliphatic heterocycles. The summed E-state index contributed by atoms with van der Waals surface area (Å²) in [5.41, 5.74) is 0. The molecule has 0 unspecified atom stereocenters. The highest BCUT2D eigenvalue weighted by atomic mass is 16.7. The maximum absolute atomic E-state index is 10.8. The van der Waals surface area contributed by atoms with Crippen LogP contribution in [0, 0.1) is 20.2 Å². The Kier molecular flexibility index (Phi) is 2.65. The first-order valence-corrected chi connectivity index (χ1v) is 4.05. The van der Waals surface area contributed by atoms with Crippen molar-refractivity contribution in [3.05, 3.63) is 32.6 Å². The summed E-state index contributed by atoms with van der Waals surface area (Å²) in [5.74, 6) is -1.06. The van der Waals surface area contributed by atoms with Crippen molar-refractivity contribution in [1.29, 1.82) is 0 Å². The smallest absolute Gasteiger partial charge is 0.242 e. The number of hydrogen-bond donors (Lipinski definition) is 0. The molecular weight excluding hydrogens is 256 g/mol. The standard InChI is InChI=1S/C4H2N8O6/c13-11(14)9(3-1-5-17-7-3)10(12(15)16)4-2-6-18-8-4/h1-2H. The Labute approximate surface area is 95.5 Å². The Balaban J connectivity index is 2.45. The molecule has 2 aromatic rings. The Hall–Kier alpha value is -3.32. The zero-order valence-electron chi connectivity index (χ0n) is 8.18. The van der Waals surface area contributed by atoms with Crippen molar-refractivity contribution in [2.24, 2.45) is 0 Å². The lowest BCUT2D eigenvalue weighted by atomic mass is 10.7. The van der Waals surface area contributed by atoms with E-state index in [0.29, 0.717) is 0 Å². The molecule has 14 heteroatoms. The molecule has 0 aliphatic carbocycles. The van der Waals surface area contributed by atoms with Gasteiger partial charge in [-0.15, -0.1) is 0 Å². The lowest BCUT2D eigenvalue weighted by Crippen LogP contribution is -2.50. The summed E-state index contributed by atoms with van der Waals surface area (Å²) in [6, 6.07) is 0. The fourth-order valence-electron chi connectivity index (χ4n) is 0.995. The molecule has 0 bridgehead atoms. The highest BCUT2D eigenvalue weighted by molar-refractivity contribution is 5.41. The second kappa shape index (κ2) is 4.28. The molecule has 0 atom stereocenters. The average Bonchev–Trinajstić information content (AvgIpc) is 2.97.